The average molecular weight is 401 g/mol. The number of carbonyl (C=O) groups excluding carboxylic acids is 1. The van der Waals surface area contributed by atoms with Crippen LogP contribution in [0.15, 0.2) is 48.5 Å². The number of esters is 1. The molecule has 7 heteroatoms. The summed E-state index contributed by atoms with van der Waals surface area (Å²) in [5.74, 6) is -0.0795. The second-order valence-corrected chi connectivity index (χ2v) is 9.86. The van der Waals surface area contributed by atoms with Crippen molar-refractivity contribution in [1.82, 2.24) is 4.90 Å². The van der Waals surface area contributed by atoms with Crippen LogP contribution in [0.25, 0.3) is 0 Å². The van der Waals surface area contributed by atoms with E-state index in [0.29, 0.717) is 18.5 Å². The molecule has 2 unspecified atom stereocenters. The molecular formula is C21H24N2O4S. The Bertz CT molecular complexity index is 986. The summed E-state index contributed by atoms with van der Waals surface area (Å²) in [7, 11) is 0.911. The maximum Gasteiger partial charge on any atom is 0.340 e. The number of cyclic esters (lactones) is 1. The molecule has 28 heavy (non-hydrogen) atoms. The van der Waals surface area contributed by atoms with Crippen LogP contribution in [0.4, 0.5) is 5.69 Å². The SMILES string of the molecule is CN(C)c1ccc(CN(C2CCS(=O)(=O)C2)C2OC(=O)c3ccccc32)cc1. The second kappa shape index (κ2) is 7.22. The molecule has 0 amide bonds. The smallest absolute Gasteiger partial charge is 0.340 e. The first kappa shape index (κ1) is 19.0. The van der Waals surface area contributed by atoms with Crippen LogP contribution in [-0.2, 0) is 21.1 Å². The van der Waals surface area contributed by atoms with Crippen molar-refractivity contribution in [2.45, 2.75) is 25.2 Å². The summed E-state index contributed by atoms with van der Waals surface area (Å²) >= 11 is 0. The highest BCUT2D eigenvalue weighted by molar-refractivity contribution is 7.91. The molecule has 2 atom stereocenters. The lowest BCUT2D eigenvalue weighted by atomic mass is 10.1. The largest absolute Gasteiger partial charge is 0.438 e. The molecule has 1 saturated heterocycles. The van der Waals surface area contributed by atoms with Gasteiger partial charge in [-0.1, -0.05) is 30.3 Å². The zero-order valence-electron chi connectivity index (χ0n) is 16.0. The van der Waals surface area contributed by atoms with Gasteiger partial charge in [0.25, 0.3) is 0 Å². The van der Waals surface area contributed by atoms with Gasteiger partial charge in [0.1, 0.15) is 0 Å². The Labute approximate surface area is 165 Å². The van der Waals surface area contributed by atoms with Crippen LogP contribution in [0.1, 0.15) is 34.1 Å². The number of benzene rings is 2. The van der Waals surface area contributed by atoms with Crippen LogP contribution >= 0.6 is 0 Å². The highest BCUT2D eigenvalue weighted by Gasteiger charge is 2.41. The molecule has 0 spiro atoms. The molecule has 4 rings (SSSR count). The van der Waals surface area contributed by atoms with E-state index in [9.17, 15) is 13.2 Å². The molecule has 0 bridgehead atoms. The highest BCUT2D eigenvalue weighted by atomic mass is 32.2. The van der Waals surface area contributed by atoms with Crippen LogP contribution in [0.3, 0.4) is 0 Å². The summed E-state index contributed by atoms with van der Waals surface area (Å²) in [6.07, 6.45) is -0.00977. The maximum atomic E-state index is 12.3. The number of anilines is 1. The zero-order valence-corrected chi connectivity index (χ0v) is 16.9. The molecule has 2 aliphatic heterocycles. The molecule has 2 aliphatic rings. The Morgan fingerprint density at radius 2 is 1.79 bits per heavy atom. The van der Waals surface area contributed by atoms with Crippen LogP contribution in [0.5, 0.6) is 0 Å². The number of hydrogen-bond donors (Lipinski definition) is 0. The number of nitrogens with zero attached hydrogens (tertiary/aromatic N) is 2. The van der Waals surface area contributed by atoms with Gasteiger partial charge in [-0.3, -0.25) is 4.90 Å². The average Bonchev–Trinajstić information content (AvgIpc) is 3.20. The van der Waals surface area contributed by atoms with Gasteiger partial charge in [-0.25, -0.2) is 13.2 Å². The topological polar surface area (TPSA) is 66.9 Å². The molecule has 1 fully saturated rings. The number of ether oxygens (including phenoxy) is 1. The van der Waals surface area contributed by atoms with Crippen molar-refractivity contribution in [3.63, 3.8) is 0 Å². The van der Waals surface area contributed by atoms with Gasteiger partial charge < -0.3 is 9.64 Å². The third-order valence-electron chi connectivity index (χ3n) is 5.46. The molecule has 6 nitrogen and oxygen atoms in total. The van der Waals surface area contributed by atoms with Crippen molar-refractivity contribution >= 4 is 21.5 Å². The molecule has 0 aromatic heterocycles. The van der Waals surface area contributed by atoms with E-state index in [2.05, 4.69) is 0 Å². The van der Waals surface area contributed by atoms with Crippen molar-refractivity contribution in [1.29, 1.82) is 0 Å². The molecule has 0 radical (unpaired) electrons. The first-order valence-corrected chi connectivity index (χ1v) is 11.2. The summed E-state index contributed by atoms with van der Waals surface area (Å²) < 4.78 is 29.9. The molecule has 0 N–H and O–H groups in total. The van der Waals surface area contributed by atoms with Crippen molar-refractivity contribution < 1.29 is 17.9 Å². The molecule has 2 heterocycles. The van der Waals surface area contributed by atoms with Gasteiger partial charge >= 0.3 is 5.97 Å². The van der Waals surface area contributed by atoms with E-state index in [4.69, 9.17) is 4.74 Å². The molecule has 148 valence electrons. The first-order chi connectivity index (χ1) is 13.3. The summed E-state index contributed by atoms with van der Waals surface area (Å²) in [5, 5.41) is 0. The fraction of sp³-hybridized carbons (Fsp3) is 0.381. The van der Waals surface area contributed by atoms with Gasteiger partial charge in [0, 0.05) is 37.9 Å². The Kier molecular flexibility index (Phi) is 4.89. The normalized spacial score (nSPS) is 22.9. The van der Waals surface area contributed by atoms with E-state index in [1.165, 1.54) is 0 Å². The fourth-order valence-electron chi connectivity index (χ4n) is 3.92. The number of sulfone groups is 1. The Balaban J connectivity index is 1.66. The Morgan fingerprint density at radius 1 is 1.07 bits per heavy atom. The summed E-state index contributed by atoms with van der Waals surface area (Å²) in [5.41, 5.74) is 3.51. The Hall–Kier alpha value is -2.38. The maximum absolute atomic E-state index is 12.3. The summed E-state index contributed by atoms with van der Waals surface area (Å²) in [6.45, 7) is 0.514. The van der Waals surface area contributed by atoms with Gasteiger partial charge in [0.15, 0.2) is 16.1 Å². The van der Waals surface area contributed by atoms with E-state index in [-0.39, 0.29) is 23.5 Å². The van der Waals surface area contributed by atoms with E-state index in [0.717, 1.165) is 16.8 Å². The van der Waals surface area contributed by atoms with Gasteiger partial charge in [-0.2, -0.15) is 0 Å². The van der Waals surface area contributed by atoms with Crippen molar-refractivity contribution in [2.75, 3.05) is 30.5 Å². The van der Waals surface area contributed by atoms with Gasteiger partial charge in [0.05, 0.1) is 17.1 Å². The van der Waals surface area contributed by atoms with Crippen LogP contribution in [0.2, 0.25) is 0 Å². The predicted octanol–water partition coefficient (Wildman–Crippen LogP) is 2.61. The highest BCUT2D eigenvalue weighted by Crippen LogP contribution is 2.37. The Morgan fingerprint density at radius 3 is 2.43 bits per heavy atom. The molecule has 0 saturated carbocycles. The van der Waals surface area contributed by atoms with Crippen LogP contribution < -0.4 is 4.90 Å². The van der Waals surface area contributed by atoms with Gasteiger partial charge in [0.2, 0.25) is 0 Å². The predicted molar refractivity (Wildman–Crippen MR) is 108 cm³/mol. The monoisotopic (exact) mass is 400 g/mol. The lowest BCUT2D eigenvalue weighted by Gasteiger charge is -2.33. The lowest BCUT2D eigenvalue weighted by Crippen LogP contribution is -2.39. The van der Waals surface area contributed by atoms with E-state index >= 15 is 0 Å². The third kappa shape index (κ3) is 3.64. The van der Waals surface area contributed by atoms with Gasteiger partial charge in [-0.15, -0.1) is 0 Å². The van der Waals surface area contributed by atoms with E-state index < -0.39 is 16.1 Å². The number of rotatable bonds is 5. The van der Waals surface area contributed by atoms with Crippen molar-refractivity contribution in [3.05, 3.63) is 65.2 Å². The van der Waals surface area contributed by atoms with Crippen LogP contribution in [-0.4, -0.2) is 50.9 Å². The zero-order chi connectivity index (χ0) is 19.9. The van der Waals surface area contributed by atoms with E-state index in [1.807, 2.05) is 66.4 Å². The second-order valence-electron chi connectivity index (χ2n) is 7.63. The number of hydrogen-bond acceptors (Lipinski definition) is 6. The minimum atomic E-state index is -3.06. The first-order valence-electron chi connectivity index (χ1n) is 9.36. The number of fused-ring (bicyclic) bond motifs is 1. The van der Waals surface area contributed by atoms with Crippen LogP contribution in [0, 0.1) is 0 Å². The standard InChI is InChI=1S/C21H24N2O4S/c1-22(2)16-9-7-15(8-10-16)13-23(17-11-12-28(25,26)14-17)20-18-5-3-4-6-19(18)21(24)27-20/h3-10,17,20H,11-14H2,1-2H3. The fourth-order valence-corrected chi connectivity index (χ4v) is 5.67. The summed E-state index contributed by atoms with van der Waals surface area (Å²) in [4.78, 5) is 16.4. The molecule has 2 aromatic rings. The minimum Gasteiger partial charge on any atom is -0.438 e. The molecular weight excluding hydrogens is 376 g/mol. The lowest BCUT2D eigenvalue weighted by molar-refractivity contribution is -0.0424. The number of carbonyl (C=O) groups is 1. The van der Waals surface area contributed by atoms with Gasteiger partial charge in [-0.05, 0) is 30.2 Å². The molecule has 2 aromatic carbocycles. The van der Waals surface area contributed by atoms with Crippen molar-refractivity contribution in [3.8, 4) is 0 Å². The minimum absolute atomic E-state index is 0.0962. The quantitative estimate of drug-likeness (QED) is 0.719. The van der Waals surface area contributed by atoms with Crippen molar-refractivity contribution in [2.24, 2.45) is 0 Å². The summed E-state index contributed by atoms with van der Waals surface area (Å²) in [6, 6.07) is 15.3. The molecule has 0 aliphatic carbocycles. The van der Waals surface area contributed by atoms with E-state index in [1.54, 1.807) is 6.07 Å². The third-order valence-corrected chi connectivity index (χ3v) is 7.21.